The molecule has 0 bridgehead atoms. The van der Waals surface area contributed by atoms with Crippen molar-refractivity contribution in [3.8, 4) is 6.01 Å². The molecule has 3 aliphatic rings. The Morgan fingerprint density at radius 1 is 1.12 bits per heavy atom. The predicted molar refractivity (Wildman–Crippen MR) is 166 cm³/mol. The monoisotopic (exact) mass is 583 g/mol. The van der Waals surface area contributed by atoms with E-state index in [4.69, 9.17) is 21.3 Å². The molecule has 2 aromatic carbocycles. The number of aromatic nitrogens is 2. The van der Waals surface area contributed by atoms with Gasteiger partial charge in [0.15, 0.2) is 5.83 Å². The summed E-state index contributed by atoms with van der Waals surface area (Å²) in [5, 5.41) is 2.46. The molecular formula is C33H38FN7O2. The molecule has 9 nitrogen and oxygen atoms in total. The largest absolute Gasteiger partial charge is 0.462 e. The number of carbonyl (C=O) groups is 1. The maximum Gasteiger partial charge on any atom is 0.318 e. The van der Waals surface area contributed by atoms with Gasteiger partial charge in [0.05, 0.1) is 12.2 Å². The minimum atomic E-state index is -1.00. The van der Waals surface area contributed by atoms with Crippen LogP contribution in [-0.4, -0.2) is 90.2 Å². The van der Waals surface area contributed by atoms with Crippen molar-refractivity contribution in [1.29, 1.82) is 0 Å². The fraction of sp³-hybridized carbons (Fsp3) is 0.455. The van der Waals surface area contributed by atoms with Crippen LogP contribution in [0, 0.1) is 13.5 Å². The highest BCUT2D eigenvalue weighted by Crippen LogP contribution is 2.36. The molecule has 2 fully saturated rings. The number of nitrogens with zero attached hydrogens (tertiary/aromatic N) is 7. The van der Waals surface area contributed by atoms with E-state index in [1.165, 1.54) is 26.9 Å². The number of hydrogen-bond acceptors (Lipinski definition) is 7. The molecule has 1 unspecified atom stereocenters. The first-order valence-corrected chi connectivity index (χ1v) is 15.1. The first-order chi connectivity index (χ1) is 20.9. The van der Waals surface area contributed by atoms with Gasteiger partial charge in [-0.15, -0.1) is 0 Å². The van der Waals surface area contributed by atoms with Crippen LogP contribution in [0.4, 0.5) is 15.9 Å². The summed E-state index contributed by atoms with van der Waals surface area (Å²) in [6.07, 6.45) is 1.83. The number of fused-ring (bicyclic) bond motifs is 2. The van der Waals surface area contributed by atoms with E-state index in [-0.39, 0.29) is 13.1 Å². The fourth-order valence-electron chi connectivity index (χ4n) is 6.69. The maximum atomic E-state index is 13.8. The smallest absolute Gasteiger partial charge is 0.318 e. The zero-order valence-electron chi connectivity index (χ0n) is 24.9. The number of carbonyl (C=O) groups excluding carboxylic acids is 1. The molecule has 0 N–H and O–H groups in total. The Bertz CT molecular complexity index is 1580. The number of benzene rings is 2. The van der Waals surface area contributed by atoms with Crippen molar-refractivity contribution < 1.29 is 13.9 Å². The second kappa shape index (κ2) is 12.2. The lowest BCUT2D eigenvalue weighted by Gasteiger charge is -2.41. The average molecular weight is 584 g/mol. The van der Waals surface area contributed by atoms with Crippen LogP contribution in [0.3, 0.4) is 0 Å². The van der Waals surface area contributed by atoms with E-state index in [1.807, 2.05) is 0 Å². The van der Waals surface area contributed by atoms with Crippen LogP contribution in [0.2, 0.25) is 0 Å². The molecule has 6 rings (SSSR count). The van der Waals surface area contributed by atoms with E-state index < -0.39 is 17.8 Å². The van der Waals surface area contributed by atoms with Crippen LogP contribution in [-0.2, 0) is 17.8 Å². The van der Waals surface area contributed by atoms with E-state index in [0.717, 1.165) is 49.6 Å². The number of piperazine rings is 1. The third-order valence-electron chi connectivity index (χ3n) is 9.11. The zero-order valence-corrected chi connectivity index (χ0v) is 24.9. The molecule has 1 aromatic heterocycles. The van der Waals surface area contributed by atoms with Crippen molar-refractivity contribution in [3.05, 3.63) is 77.0 Å². The lowest BCUT2D eigenvalue weighted by atomic mass is 9.99. The van der Waals surface area contributed by atoms with Gasteiger partial charge < -0.3 is 24.3 Å². The van der Waals surface area contributed by atoms with Crippen LogP contribution in [0.5, 0.6) is 6.01 Å². The van der Waals surface area contributed by atoms with Gasteiger partial charge in [-0.05, 0) is 43.3 Å². The van der Waals surface area contributed by atoms with Gasteiger partial charge in [-0.25, -0.2) is 11.0 Å². The summed E-state index contributed by atoms with van der Waals surface area (Å²) < 4.78 is 20.1. The quantitative estimate of drug-likeness (QED) is 0.288. The number of hydrogen-bond donors (Lipinski definition) is 0. The molecule has 0 aliphatic carbocycles. The molecule has 43 heavy (non-hydrogen) atoms. The van der Waals surface area contributed by atoms with Gasteiger partial charge in [-0.1, -0.05) is 43.8 Å². The van der Waals surface area contributed by atoms with Crippen molar-refractivity contribution in [2.24, 2.45) is 0 Å². The first-order valence-electron chi connectivity index (χ1n) is 15.1. The molecule has 3 aliphatic heterocycles. The Kier molecular flexibility index (Phi) is 8.17. The van der Waals surface area contributed by atoms with Crippen LogP contribution in [0.1, 0.15) is 30.2 Å². The number of likely N-dealkylation sites (N-methyl/N-ethyl adjacent to an activating group) is 1. The van der Waals surface area contributed by atoms with E-state index in [9.17, 15) is 9.18 Å². The number of aryl methyl sites for hydroxylation is 1. The fourth-order valence-corrected chi connectivity index (χ4v) is 6.69. The van der Waals surface area contributed by atoms with E-state index in [2.05, 4.69) is 76.4 Å². The molecule has 224 valence electrons. The number of amides is 1. The van der Waals surface area contributed by atoms with Gasteiger partial charge in [-0.2, -0.15) is 9.97 Å². The Balaban J connectivity index is 1.33. The average Bonchev–Trinajstić information content (AvgIpc) is 3.00. The lowest BCUT2D eigenvalue weighted by Crippen LogP contribution is -2.57. The zero-order chi connectivity index (χ0) is 30.1. The highest BCUT2D eigenvalue weighted by Gasteiger charge is 2.36. The molecule has 3 aromatic rings. The van der Waals surface area contributed by atoms with Crippen molar-refractivity contribution in [2.45, 2.75) is 45.3 Å². The third kappa shape index (κ3) is 5.62. The Morgan fingerprint density at radius 3 is 2.65 bits per heavy atom. The Labute approximate surface area is 252 Å². The van der Waals surface area contributed by atoms with Gasteiger partial charge in [0, 0.05) is 55.4 Å². The summed E-state index contributed by atoms with van der Waals surface area (Å²) in [7, 11) is 0. The summed E-state index contributed by atoms with van der Waals surface area (Å²) in [6.45, 7) is 20.2. The maximum absolute atomic E-state index is 13.8. The minimum Gasteiger partial charge on any atom is -0.462 e. The standard InChI is InChI=1S/C33H38FN7O2/c1-5-38-14-12-25(38)21-43-33-36-28-20-39(29-11-7-10-24-9-6-8-22(2)30(24)29)15-13-27(28)31(37-33)40-16-17-41(32(42)23(3)34)26(19-40)18-35-4/h6-11,25-26H,3,5,12-21H2,1-2H3/t25?,26-/m0/s1. The van der Waals surface area contributed by atoms with Crippen molar-refractivity contribution >= 4 is 28.2 Å². The predicted octanol–water partition coefficient (Wildman–Crippen LogP) is 4.39. The van der Waals surface area contributed by atoms with Gasteiger partial charge in [0.25, 0.3) is 5.91 Å². The van der Waals surface area contributed by atoms with Crippen LogP contribution in [0.15, 0.2) is 48.8 Å². The van der Waals surface area contributed by atoms with Crippen molar-refractivity contribution in [3.63, 3.8) is 0 Å². The summed E-state index contributed by atoms with van der Waals surface area (Å²) in [4.78, 5) is 34.3. The van der Waals surface area contributed by atoms with Gasteiger partial charge in [0.2, 0.25) is 6.54 Å². The first kappa shape index (κ1) is 28.9. The summed E-state index contributed by atoms with van der Waals surface area (Å²) in [5.41, 5.74) is 4.42. The second-order valence-electron chi connectivity index (χ2n) is 11.6. The molecule has 0 spiro atoms. The van der Waals surface area contributed by atoms with Crippen LogP contribution >= 0.6 is 0 Å². The molecule has 2 saturated heterocycles. The summed E-state index contributed by atoms with van der Waals surface area (Å²) in [6, 6.07) is 13.1. The van der Waals surface area contributed by atoms with E-state index >= 15 is 0 Å². The van der Waals surface area contributed by atoms with Crippen LogP contribution in [0.25, 0.3) is 15.6 Å². The third-order valence-corrected chi connectivity index (χ3v) is 9.11. The SMILES string of the molecule is [C-]#[N+]C[C@H]1CN(c2nc(OCC3CCN3CC)nc3c2CCN(c2cccc4cccc(C)c24)C3)CCN1C(=O)C(=C)F. The second-order valence-corrected chi connectivity index (χ2v) is 11.6. The normalized spacial score (nSPS) is 20.4. The number of likely N-dealkylation sites (tertiary alicyclic amines) is 1. The van der Waals surface area contributed by atoms with Gasteiger partial charge in [-0.3, -0.25) is 9.69 Å². The number of rotatable bonds is 8. The molecule has 0 radical (unpaired) electrons. The van der Waals surface area contributed by atoms with E-state index in [0.29, 0.717) is 38.3 Å². The van der Waals surface area contributed by atoms with Gasteiger partial charge >= 0.3 is 6.01 Å². The highest BCUT2D eigenvalue weighted by atomic mass is 19.1. The molecular weight excluding hydrogens is 545 g/mol. The van der Waals surface area contributed by atoms with Gasteiger partial charge in [0.1, 0.15) is 18.5 Å². The number of anilines is 2. The van der Waals surface area contributed by atoms with Crippen LogP contribution < -0.4 is 14.5 Å². The number of ether oxygens (including phenoxy) is 1. The van der Waals surface area contributed by atoms with Crippen molar-refractivity contribution in [2.75, 3.05) is 62.2 Å². The summed E-state index contributed by atoms with van der Waals surface area (Å²) in [5.74, 6) is -0.959. The molecule has 4 heterocycles. The van der Waals surface area contributed by atoms with E-state index in [1.54, 1.807) is 0 Å². The molecule has 2 atom stereocenters. The Hall–Kier alpha value is -4.23. The highest BCUT2D eigenvalue weighted by molar-refractivity contribution is 5.97. The van der Waals surface area contributed by atoms with Crippen molar-refractivity contribution in [1.82, 2.24) is 19.8 Å². The Morgan fingerprint density at radius 2 is 1.93 bits per heavy atom. The lowest BCUT2D eigenvalue weighted by molar-refractivity contribution is -0.131. The topological polar surface area (TPSA) is 69.4 Å². The molecule has 0 saturated carbocycles. The minimum absolute atomic E-state index is 0.0783. The summed E-state index contributed by atoms with van der Waals surface area (Å²) >= 11 is 0. The number of halogens is 1. The molecule has 10 heteroatoms. The molecule has 1 amide bonds.